The summed E-state index contributed by atoms with van der Waals surface area (Å²) in [6.07, 6.45) is 0. The van der Waals surface area contributed by atoms with Gasteiger partial charge in [0.05, 0.1) is 22.1 Å². The van der Waals surface area contributed by atoms with E-state index in [1.165, 1.54) is 0 Å². The number of ether oxygens (including phenoxy) is 3. The molecule has 0 aliphatic heterocycles. The standard InChI is InChI=1S/C26H15I9O6/c1-26(8-39-23(36)11-2-17(30)20(33)5-14(11)27,9-40-24(37)12-3-18(31)21(34)6-15(12)28)10-41-25(38)13-4-19(32)22(35)7-16(13)29/h2-7H,8-10H2,1H3. The third kappa shape index (κ3) is 10.8. The summed E-state index contributed by atoms with van der Waals surface area (Å²) >= 11 is 19.5. The molecule has 0 amide bonds. The minimum absolute atomic E-state index is 0.131. The van der Waals surface area contributed by atoms with Gasteiger partial charge in [-0.2, -0.15) is 0 Å². The molecule has 15 heteroatoms. The zero-order chi connectivity index (χ0) is 30.6. The van der Waals surface area contributed by atoms with Crippen LogP contribution in [0.2, 0.25) is 0 Å². The molecule has 0 heterocycles. The summed E-state index contributed by atoms with van der Waals surface area (Å²) in [5.74, 6) is -1.51. The first-order valence-corrected chi connectivity index (χ1v) is 20.8. The molecule has 6 nitrogen and oxygen atoms in total. The molecule has 0 N–H and O–H groups in total. The van der Waals surface area contributed by atoms with Crippen LogP contribution in [0.1, 0.15) is 38.0 Å². The SMILES string of the molecule is CC(COC(=O)c1cc(I)c(I)cc1I)(COC(=O)c1cc(I)c(I)cc1I)COC(=O)c1cc(I)c(I)cc1I. The largest absolute Gasteiger partial charge is 0.461 e. The van der Waals surface area contributed by atoms with Crippen molar-refractivity contribution in [3.8, 4) is 0 Å². The van der Waals surface area contributed by atoms with Crippen LogP contribution in [0, 0.1) is 37.5 Å². The lowest BCUT2D eigenvalue weighted by atomic mass is 9.94. The molecule has 0 aromatic heterocycles. The van der Waals surface area contributed by atoms with Gasteiger partial charge in [0.15, 0.2) is 0 Å². The number of carbonyl (C=O) groups is 3. The molecule has 0 spiro atoms. The summed E-state index contributed by atoms with van der Waals surface area (Å²) in [5, 5.41) is 0. The molecule has 3 rings (SSSR count). The second kappa shape index (κ2) is 17.2. The van der Waals surface area contributed by atoms with Crippen molar-refractivity contribution in [1.29, 1.82) is 0 Å². The Hall–Kier alpha value is 2.64. The number of carbonyl (C=O) groups excluding carboxylic acids is 3. The first-order chi connectivity index (χ1) is 19.1. The number of rotatable bonds is 9. The van der Waals surface area contributed by atoms with Gasteiger partial charge in [-0.3, -0.25) is 0 Å². The Bertz CT molecular complexity index is 1350. The highest BCUT2D eigenvalue weighted by Crippen LogP contribution is 2.28. The number of benzene rings is 3. The Morgan fingerprint density at radius 2 is 0.683 bits per heavy atom. The summed E-state index contributed by atoms with van der Waals surface area (Å²) in [6, 6.07) is 11.1. The van der Waals surface area contributed by atoms with Crippen molar-refractivity contribution in [2.24, 2.45) is 5.41 Å². The molecule has 0 radical (unpaired) electrons. The molecule has 0 aliphatic carbocycles. The topological polar surface area (TPSA) is 78.9 Å². The summed E-state index contributed by atoms with van der Waals surface area (Å²) in [6.45, 7) is 1.36. The summed E-state index contributed by atoms with van der Waals surface area (Å²) in [7, 11) is 0. The van der Waals surface area contributed by atoms with Crippen LogP contribution < -0.4 is 0 Å². The van der Waals surface area contributed by atoms with Gasteiger partial charge in [-0.15, -0.1) is 0 Å². The maximum absolute atomic E-state index is 13.1. The van der Waals surface area contributed by atoms with Crippen LogP contribution >= 0.6 is 203 Å². The van der Waals surface area contributed by atoms with E-state index < -0.39 is 23.3 Å². The maximum Gasteiger partial charge on any atom is 0.339 e. The molecule has 0 atom stereocenters. The van der Waals surface area contributed by atoms with E-state index in [0.29, 0.717) is 16.7 Å². The maximum atomic E-state index is 13.1. The Morgan fingerprint density at radius 3 is 0.927 bits per heavy atom. The van der Waals surface area contributed by atoms with Gasteiger partial charge in [0.1, 0.15) is 19.8 Å². The highest BCUT2D eigenvalue weighted by Gasteiger charge is 2.32. The normalized spacial score (nSPS) is 11.3. The van der Waals surface area contributed by atoms with Crippen molar-refractivity contribution in [2.75, 3.05) is 19.8 Å². The van der Waals surface area contributed by atoms with Crippen LogP contribution in [0.5, 0.6) is 0 Å². The zero-order valence-electron chi connectivity index (χ0n) is 20.4. The van der Waals surface area contributed by atoms with Gasteiger partial charge < -0.3 is 14.2 Å². The average Bonchev–Trinajstić information content (AvgIpc) is 2.91. The fourth-order valence-electron chi connectivity index (χ4n) is 3.11. The van der Waals surface area contributed by atoms with E-state index in [2.05, 4.69) is 203 Å². The summed E-state index contributed by atoms with van der Waals surface area (Å²) < 4.78 is 25.4. The molecule has 0 unspecified atom stereocenters. The molecule has 0 saturated carbocycles. The van der Waals surface area contributed by atoms with Gasteiger partial charge in [-0.1, -0.05) is 0 Å². The molecule has 0 aliphatic rings. The lowest BCUT2D eigenvalue weighted by molar-refractivity contribution is -0.0289. The molecule has 218 valence electrons. The van der Waals surface area contributed by atoms with Crippen molar-refractivity contribution in [2.45, 2.75) is 6.92 Å². The third-order valence-electron chi connectivity index (χ3n) is 5.34. The number of hydrogen-bond acceptors (Lipinski definition) is 6. The van der Waals surface area contributed by atoms with Gasteiger partial charge in [0.2, 0.25) is 0 Å². The lowest BCUT2D eigenvalue weighted by Crippen LogP contribution is -2.37. The van der Waals surface area contributed by atoms with Crippen LogP contribution in [0.15, 0.2) is 36.4 Å². The van der Waals surface area contributed by atoms with Crippen LogP contribution in [0.25, 0.3) is 0 Å². The van der Waals surface area contributed by atoms with Gasteiger partial charge in [-0.25, -0.2) is 14.4 Å². The van der Waals surface area contributed by atoms with Gasteiger partial charge in [0.25, 0.3) is 0 Å². The van der Waals surface area contributed by atoms with E-state index in [-0.39, 0.29) is 19.8 Å². The van der Waals surface area contributed by atoms with Crippen LogP contribution in [0.3, 0.4) is 0 Å². The fourth-order valence-corrected chi connectivity index (χ4v) is 9.77. The van der Waals surface area contributed by atoms with Gasteiger partial charge in [-0.05, 0) is 247 Å². The van der Waals surface area contributed by atoms with E-state index in [4.69, 9.17) is 14.2 Å². The Morgan fingerprint density at radius 1 is 0.463 bits per heavy atom. The van der Waals surface area contributed by atoms with Gasteiger partial charge >= 0.3 is 17.9 Å². The number of halogens is 9. The third-order valence-corrected chi connectivity index (χ3v) is 16.5. The van der Waals surface area contributed by atoms with Crippen LogP contribution in [-0.4, -0.2) is 37.7 Å². The molecular formula is C26H15I9O6. The average molecular weight is 1570 g/mol. The smallest absolute Gasteiger partial charge is 0.339 e. The quantitative estimate of drug-likeness (QED) is 0.0920. The monoisotopic (exact) mass is 1570 g/mol. The highest BCUT2D eigenvalue weighted by molar-refractivity contribution is 14.1. The Labute approximate surface area is 360 Å². The second-order valence-electron chi connectivity index (χ2n) is 8.78. The molecule has 0 bridgehead atoms. The number of esters is 3. The lowest BCUT2D eigenvalue weighted by Gasteiger charge is -2.28. The highest BCUT2D eigenvalue weighted by atomic mass is 127. The first-order valence-electron chi connectivity index (χ1n) is 11.1. The predicted molar refractivity (Wildman–Crippen MR) is 233 cm³/mol. The second-order valence-corrected chi connectivity index (χ2v) is 19.2. The number of hydrogen-bond donors (Lipinski definition) is 0. The van der Waals surface area contributed by atoms with E-state index >= 15 is 0 Å². The van der Waals surface area contributed by atoms with Crippen LogP contribution in [0.4, 0.5) is 0 Å². The first kappa shape index (κ1) is 38.1. The summed E-state index contributed by atoms with van der Waals surface area (Å²) in [5.41, 5.74) is 0.320. The molecule has 41 heavy (non-hydrogen) atoms. The van der Waals surface area contributed by atoms with Crippen molar-refractivity contribution < 1.29 is 28.6 Å². The Balaban J connectivity index is 1.81. The van der Waals surface area contributed by atoms with Crippen molar-refractivity contribution in [3.63, 3.8) is 0 Å². The Kier molecular flexibility index (Phi) is 15.9. The van der Waals surface area contributed by atoms with Crippen molar-refractivity contribution in [1.82, 2.24) is 0 Å². The van der Waals surface area contributed by atoms with E-state index in [0.717, 1.165) is 32.1 Å². The van der Waals surface area contributed by atoms with E-state index in [1.54, 1.807) is 25.1 Å². The minimum Gasteiger partial charge on any atom is -0.461 e. The zero-order valence-corrected chi connectivity index (χ0v) is 39.9. The fraction of sp³-hybridized carbons (Fsp3) is 0.192. The molecule has 0 fully saturated rings. The van der Waals surface area contributed by atoms with Crippen molar-refractivity contribution in [3.05, 3.63) is 85.2 Å². The molecule has 3 aromatic carbocycles. The molecule has 3 aromatic rings. The van der Waals surface area contributed by atoms with Crippen molar-refractivity contribution >= 4 is 221 Å². The summed E-state index contributed by atoms with van der Waals surface area (Å²) in [4.78, 5) is 39.2. The van der Waals surface area contributed by atoms with E-state index in [1.807, 2.05) is 18.2 Å². The van der Waals surface area contributed by atoms with E-state index in [9.17, 15) is 14.4 Å². The minimum atomic E-state index is -1.01. The van der Waals surface area contributed by atoms with Gasteiger partial charge in [0, 0.05) is 32.1 Å². The molecular weight excluding hydrogens is 1550 g/mol. The molecule has 0 saturated heterocycles. The van der Waals surface area contributed by atoms with Crippen LogP contribution in [-0.2, 0) is 14.2 Å². The predicted octanol–water partition coefficient (Wildman–Crippen LogP) is 10.0.